The number of carbonyl (C=O) groups excluding carboxylic acids is 1. The molecule has 1 aliphatic heterocycles. The van der Waals surface area contributed by atoms with Crippen LogP contribution in [0, 0.1) is 28.5 Å². The molecule has 49 heavy (non-hydrogen) atoms. The highest BCUT2D eigenvalue weighted by Crippen LogP contribution is 2.41. The van der Waals surface area contributed by atoms with Crippen LogP contribution in [-0.2, 0) is 22.6 Å². The third kappa shape index (κ3) is 8.84. The standard InChI is InChI=1S/C34H32FN7O4.CH2O2/c1-46-31-8-5-22(15-30(31)43)28-20-40-34(27(17-37)33(28)23-3-4-24(16-36)29(35)14-23)42-12-10-26(11-13-42)39-19-21-2-6-25(38-18-21)7-9-32(44)41-45;2-1-3/h2-6,8,14-15,18,20,26,39,43,45H,7,9-13,19H2,1H3,(H,41,44);1H,(H,2,3). The van der Waals surface area contributed by atoms with Gasteiger partial charge in [-0.15, -0.1) is 0 Å². The Morgan fingerprint density at radius 1 is 1.08 bits per heavy atom. The van der Waals surface area contributed by atoms with Gasteiger partial charge in [0.1, 0.15) is 29.3 Å². The van der Waals surface area contributed by atoms with Crippen LogP contribution >= 0.6 is 0 Å². The summed E-state index contributed by atoms with van der Waals surface area (Å²) >= 11 is 0. The average molecular weight is 668 g/mol. The molecule has 252 valence electrons. The smallest absolute Gasteiger partial charge is 0.290 e. The molecule has 1 aliphatic rings. The molecular formula is C35H34FN7O6. The molecule has 0 unspecified atom stereocenters. The number of methoxy groups -OCH3 is 1. The number of carbonyl (C=O) groups is 2. The monoisotopic (exact) mass is 667 g/mol. The molecule has 0 saturated carbocycles. The van der Waals surface area contributed by atoms with Crippen molar-refractivity contribution in [3.63, 3.8) is 0 Å². The van der Waals surface area contributed by atoms with E-state index in [1.54, 1.807) is 36.1 Å². The van der Waals surface area contributed by atoms with Gasteiger partial charge in [-0.2, -0.15) is 10.5 Å². The van der Waals surface area contributed by atoms with Crippen LogP contribution in [0.4, 0.5) is 10.2 Å². The lowest BCUT2D eigenvalue weighted by atomic mass is 9.91. The summed E-state index contributed by atoms with van der Waals surface area (Å²) in [6, 6.07) is 17.3. The van der Waals surface area contributed by atoms with Crippen molar-refractivity contribution in [2.24, 2.45) is 0 Å². The largest absolute Gasteiger partial charge is 0.504 e. The first-order valence-electron chi connectivity index (χ1n) is 15.2. The van der Waals surface area contributed by atoms with E-state index in [2.05, 4.69) is 16.4 Å². The van der Waals surface area contributed by atoms with Gasteiger partial charge in [0.05, 0.1) is 12.7 Å². The first-order chi connectivity index (χ1) is 23.8. The second-order valence-electron chi connectivity index (χ2n) is 11.0. The highest BCUT2D eigenvalue weighted by atomic mass is 19.1. The maximum Gasteiger partial charge on any atom is 0.290 e. The van der Waals surface area contributed by atoms with E-state index in [-0.39, 0.29) is 41.6 Å². The topological polar surface area (TPSA) is 205 Å². The second-order valence-corrected chi connectivity index (χ2v) is 11.0. The summed E-state index contributed by atoms with van der Waals surface area (Å²) in [6.45, 7) is 1.63. The number of benzene rings is 2. The summed E-state index contributed by atoms with van der Waals surface area (Å²) in [5.74, 6) is -0.473. The molecule has 3 heterocycles. The Kier molecular flexibility index (Phi) is 12.5. The van der Waals surface area contributed by atoms with Crippen LogP contribution in [0.1, 0.15) is 41.6 Å². The molecule has 1 amide bonds. The van der Waals surface area contributed by atoms with E-state index >= 15 is 0 Å². The number of rotatable bonds is 10. The number of aryl methyl sites for hydroxylation is 1. The number of hydrogen-bond acceptors (Lipinski definition) is 11. The number of aromatic nitrogens is 2. The van der Waals surface area contributed by atoms with Crippen LogP contribution in [0.3, 0.4) is 0 Å². The van der Waals surface area contributed by atoms with Gasteiger partial charge in [0, 0.05) is 61.3 Å². The summed E-state index contributed by atoms with van der Waals surface area (Å²) in [7, 11) is 1.45. The minimum Gasteiger partial charge on any atom is -0.504 e. The number of halogens is 1. The van der Waals surface area contributed by atoms with Crippen molar-refractivity contribution >= 4 is 18.2 Å². The lowest BCUT2D eigenvalue weighted by Gasteiger charge is -2.34. The molecule has 0 spiro atoms. The van der Waals surface area contributed by atoms with E-state index in [0.29, 0.717) is 54.1 Å². The molecule has 2 aromatic carbocycles. The Morgan fingerprint density at radius 2 is 1.82 bits per heavy atom. The van der Waals surface area contributed by atoms with Gasteiger partial charge in [0.25, 0.3) is 6.47 Å². The Morgan fingerprint density at radius 3 is 2.41 bits per heavy atom. The molecule has 5 N–H and O–H groups in total. The number of piperidine rings is 1. The minimum absolute atomic E-state index is 0.0899. The lowest BCUT2D eigenvalue weighted by Crippen LogP contribution is -2.43. The van der Waals surface area contributed by atoms with Crippen LogP contribution < -0.4 is 20.4 Å². The van der Waals surface area contributed by atoms with Gasteiger partial charge in [-0.25, -0.2) is 14.9 Å². The first-order valence-corrected chi connectivity index (χ1v) is 15.2. The maximum absolute atomic E-state index is 14.8. The summed E-state index contributed by atoms with van der Waals surface area (Å²) in [4.78, 5) is 30.8. The van der Waals surface area contributed by atoms with Gasteiger partial charge >= 0.3 is 0 Å². The number of hydrogen-bond donors (Lipinski definition) is 5. The highest BCUT2D eigenvalue weighted by Gasteiger charge is 2.26. The molecule has 1 fully saturated rings. The van der Waals surface area contributed by atoms with E-state index in [0.717, 1.165) is 24.1 Å². The third-order valence-electron chi connectivity index (χ3n) is 8.05. The summed E-state index contributed by atoms with van der Waals surface area (Å²) in [6.07, 6.45) is 5.58. The van der Waals surface area contributed by atoms with E-state index < -0.39 is 11.7 Å². The summed E-state index contributed by atoms with van der Waals surface area (Å²) in [5, 5.41) is 49.3. The highest BCUT2D eigenvalue weighted by molar-refractivity contribution is 5.90. The Labute approximate surface area is 281 Å². The molecule has 5 rings (SSSR count). The van der Waals surface area contributed by atoms with Gasteiger partial charge in [0.2, 0.25) is 5.91 Å². The average Bonchev–Trinajstić information content (AvgIpc) is 3.13. The van der Waals surface area contributed by atoms with Crippen LogP contribution in [0.5, 0.6) is 11.5 Å². The predicted molar refractivity (Wildman–Crippen MR) is 176 cm³/mol. The molecule has 13 nitrogen and oxygen atoms in total. The number of pyridine rings is 2. The fourth-order valence-electron chi connectivity index (χ4n) is 5.55. The number of phenols is 1. The maximum atomic E-state index is 14.8. The Hall–Kier alpha value is -6.09. The molecule has 1 saturated heterocycles. The van der Waals surface area contributed by atoms with Crippen LogP contribution in [0.2, 0.25) is 0 Å². The molecule has 0 atom stereocenters. The second kappa shape index (κ2) is 17.2. The number of ether oxygens (including phenoxy) is 1. The normalized spacial score (nSPS) is 12.6. The van der Waals surface area contributed by atoms with Gasteiger partial charge in [-0.3, -0.25) is 19.8 Å². The number of phenolic OH excluding ortho intramolecular Hbond substituents is 1. The fraction of sp³-hybridized carbons (Fsp3) is 0.257. The van der Waals surface area contributed by atoms with Crippen LogP contribution in [0.25, 0.3) is 22.3 Å². The van der Waals surface area contributed by atoms with Gasteiger partial charge in [-0.05, 0) is 66.3 Å². The van der Waals surface area contributed by atoms with Crippen LogP contribution in [0.15, 0.2) is 60.9 Å². The quantitative estimate of drug-likeness (QED) is 0.0912. The zero-order chi connectivity index (χ0) is 35.3. The van der Waals surface area contributed by atoms with E-state index in [4.69, 9.17) is 24.8 Å². The van der Waals surface area contributed by atoms with Crippen molar-refractivity contribution in [3.8, 4) is 45.9 Å². The lowest BCUT2D eigenvalue weighted by molar-refractivity contribution is -0.129. The number of nitriles is 2. The van der Waals surface area contributed by atoms with Gasteiger partial charge < -0.3 is 25.2 Å². The number of carboxylic acid groups (broad SMARTS) is 1. The molecule has 2 aromatic heterocycles. The zero-order valence-electron chi connectivity index (χ0n) is 26.6. The Balaban J connectivity index is 0.00000174. The van der Waals surface area contributed by atoms with Gasteiger partial charge in [0.15, 0.2) is 11.5 Å². The number of nitrogens with zero attached hydrogens (tertiary/aromatic N) is 5. The first kappa shape index (κ1) is 35.8. The number of amides is 1. The molecule has 0 aliphatic carbocycles. The molecule has 4 aromatic rings. The fourth-order valence-corrected chi connectivity index (χ4v) is 5.55. The van der Waals surface area contributed by atoms with E-state index in [9.17, 15) is 24.8 Å². The third-order valence-corrected chi connectivity index (χ3v) is 8.05. The number of hydroxylamine groups is 1. The van der Waals surface area contributed by atoms with Gasteiger partial charge in [-0.1, -0.05) is 18.2 Å². The minimum atomic E-state index is -0.698. The SMILES string of the molecule is COc1ccc(-c2cnc(N3CCC(NCc4ccc(CCC(=O)NO)nc4)CC3)c(C#N)c2-c2ccc(C#N)c(F)c2)cc1O.O=CO. The predicted octanol–water partition coefficient (Wildman–Crippen LogP) is 4.30. The van der Waals surface area contributed by atoms with Crippen molar-refractivity contribution in [2.45, 2.75) is 38.3 Å². The number of aromatic hydroxyl groups is 1. The van der Waals surface area contributed by atoms with Crippen molar-refractivity contribution < 1.29 is 34.1 Å². The molecule has 0 radical (unpaired) electrons. The summed E-state index contributed by atoms with van der Waals surface area (Å²) in [5.41, 5.74) is 5.51. The number of nitrogens with one attached hydrogen (secondary N) is 2. The number of anilines is 1. The molecule has 0 bridgehead atoms. The van der Waals surface area contributed by atoms with Crippen molar-refractivity contribution in [3.05, 3.63) is 89.1 Å². The molecule has 14 heteroatoms. The van der Waals surface area contributed by atoms with E-state index in [1.165, 1.54) is 25.3 Å². The van der Waals surface area contributed by atoms with Crippen molar-refractivity contribution in [2.75, 3.05) is 25.1 Å². The van der Waals surface area contributed by atoms with E-state index in [1.807, 2.05) is 23.1 Å². The van der Waals surface area contributed by atoms with Crippen molar-refractivity contribution in [1.82, 2.24) is 20.8 Å². The zero-order valence-corrected chi connectivity index (χ0v) is 26.6. The van der Waals surface area contributed by atoms with Crippen LogP contribution in [-0.4, -0.2) is 64.0 Å². The molecular weight excluding hydrogens is 633 g/mol. The van der Waals surface area contributed by atoms with Crippen molar-refractivity contribution in [1.29, 1.82) is 10.5 Å². The Bertz CT molecular complexity index is 1870. The summed E-state index contributed by atoms with van der Waals surface area (Å²) < 4.78 is 20.0.